The van der Waals surface area contributed by atoms with Gasteiger partial charge in [-0.05, 0) is 35.9 Å². The number of nitrogens with one attached hydrogen (secondary N) is 1. The van der Waals surface area contributed by atoms with Crippen LogP contribution in [0.4, 0.5) is 4.39 Å². The van der Waals surface area contributed by atoms with Gasteiger partial charge in [0.1, 0.15) is 5.82 Å². The van der Waals surface area contributed by atoms with Gasteiger partial charge in [0.15, 0.2) is 0 Å². The first-order valence-electron chi connectivity index (χ1n) is 8.39. The summed E-state index contributed by atoms with van der Waals surface area (Å²) in [6, 6.07) is 18.2. The third kappa shape index (κ3) is 5.46. The third-order valence-electron chi connectivity index (χ3n) is 3.79. The van der Waals surface area contributed by atoms with E-state index in [4.69, 9.17) is 0 Å². The summed E-state index contributed by atoms with van der Waals surface area (Å²) in [5.74, 6) is 1.43. The predicted molar refractivity (Wildman–Crippen MR) is 103 cm³/mol. The van der Waals surface area contributed by atoms with Gasteiger partial charge in [-0.3, -0.25) is 4.79 Å². The third-order valence-corrected chi connectivity index (χ3v) is 4.82. The number of carbonyl (C=O) groups is 1. The van der Waals surface area contributed by atoms with Crippen LogP contribution in [0.3, 0.4) is 0 Å². The molecule has 0 aliphatic rings. The number of hydrogen-bond acceptors (Lipinski definition) is 3. The van der Waals surface area contributed by atoms with E-state index in [0.29, 0.717) is 13.0 Å². The Bertz CT molecular complexity index is 834. The molecule has 3 rings (SSSR count). The lowest BCUT2D eigenvalue weighted by Gasteiger charge is -2.04. The van der Waals surface area contributed by atoms with Gasteiger partial charge in [-0.2, -0.15) is 16.9 Å². The molecular weight excluding hydrogens is 349 g/mol. The summed E-state index contributed by atoms with van der Waals surface area (Å²) in [6.45, 7) is 0.385. The topological polar surface area (TPSA) is 46.9 Å². The van der Waals surface area contributed by atoms with Crippen molar-refractivity contribution in [2.24, 2.45) is 0 Å². The molecule has 1 aromatic heterocycles. The van der Waals surface area contributed by atoms with Crippen LogP contribution in [0.15, 0.2) is 66.9 Å². The number of thioether (sulfide) groups is 1. The van der Waals surface area contributed by atoms with E-state index in [9.17, 15) is 9.18 Å². The largest absolute Gasteiger partial charge is 0.350 e. The second kappa shape index (κ2) is 9.20. The van der Waals surface area contributed by atoms with Crippen molar-refractivity contribution in [1.82, 2.24) is 15.1 Å². The molecule has 0 saturated heterocycles. The highest BCUT2D eigenvalue weighted by Gasteiger charge is 2.05. The fourth-order valence-electron chi connectivity index (χ4n) is 2.40. The molecule has 26 heavy (non-hydrogen) atoms. The van der Waals surface area contributed by atoms with Crippen molar-refractivity contribution < 1.29 is 9.18 Å². The molecule has 6 heteroatoms. The Morgan fingerprint density at radius 1 is 1.08 bits per heavy atom. The van der Waals surface area contributed by atoms with Crippen molar-refractivity contribution in [3.05, 3.63) is 83.9 Å². The first-order chi connectivity index (χ1) is 12.7. The highest BCUT2D eigenvalue weighted by molar-refractivity contribution is 7.98. The Morgan fingerprint density at radius 3 is 2.62 bits per heavy atom. The van der Waals surface area contributed by atoms with Gasteiger partial charge >= 0.3 is 0 Å². The molecular formula is C20H20FN3OS. The smallest absolute Gasteiger partial charge is 0.221 e. The van der Waals surface area contributed by atoms with Gasteiger partial charge in [0, 0.05) is 24.1 Å². The zero-order valence-electron chi connectivity index (χ0n) is 14.3. The summed E-state index contributed by atoms with van der Waals surface area (Å²) in [6.07, 6.45) is 2.28. The molecule has 134 valence electrons. The summed E-state index contributed by atoms with van der Waals surface area (Å²) in [4.78, 5) is 11.9. The average molecular weight is 369 g/mol. The summed E-state index contributed by atoms with van der Waals surface area (Å²) in [7, 11) is 0. The zero-order chi connectivity index (χ0) is 18.2. The summed E-state index contributed by atoms with van der Waals surface area (Å²) >= 11 is 1.75. The van der Waals surface area contributed by atoms with E-state index in [1.165, 1.54) is 17.7 Å². The number of rotatable bonds is 8. The number of hydrogen-bond donors (Lipinski definition) is 1. The number of carbonyl (C=O) groups excluding carboxylic acids is 1. The Morgan fingerprint density at radius 2 is 1.85 bits per heavy atom. The molecule has 0 fully saturated rings. The van der Waals surface area contributed by atoms with E-state index < -0.39 is 0 Å². The number of halogens is 1. The fourth-order valence-corrected chi connectivity index (χ4v) is 3.30. The second-order valence-electron chi connectivity index (χ2n) is 5.79. The lowest BCUT2D eigenvalue weighted by molar-refractivity contribution is -0.120. The molecule has 1 N–H and O–H groups in total. The predicted octanol–water partition coefficient (Wildman–Crippen LogP) is 3.95. The van der Waals surface area contributed by atoms with Crippen molar-refractivity contribution in [1.29, 1.82) is 0 Å². The van der Waals surface area contributed by atoms with Crippen molar-refractivity contribution >= 4 is 17.7 Å². The molecule has 0 radical (unpaired) electrons. The maximum absolute atomic E-state index is 13.0. The number of benzene rings is 2. The van der Waals surface area contributed by atoms with Crippen LogP contribution in [0.1, 0.15) is 17.7 Å². The van der Waals surface area contributed by atoms with Crippen molar-refractivity contribution in [3.63, 3.8) is 0 Å². The molecule has 0 spiro atoms. The van der Waals surface area contributed by atoms with Crippen LogP contribution in [0.2, 0.25) is 0 Å². The van der Waals surface area contributed by atoms with E-state index in [1.807, 2.05) is 24.3 Å². The van der Waals surface area contributed by atoms with Gasteiger partial charge in [-0.15, -0.1) is 0 Å². The quantitative estimate of drug-likeness (QED) is 0.612. The van der Waals surface area contributed by atoms with Gasteiger partial charge in [0.25, 0.3) is 0 Å². The maximum Gasteiger partial charge on any atom is 0.221 e. The average Bonchev–Trinajstić information content (AvgIpc) is 3.14. The van der Waals surface area contributed by atoms with Crippen LogP contribution in [0.25, 0.3) is 5.69 Å². The first kappa shape index (κ1) is 18.2. The Labute approximate surface area is 156 Å². The monoisotopic (exact) mass is 369 g/mol. The van der Waals surface area contributed by atoms with E-state index in [-0.39, 0.29) is 11.7 Å². The zero-order valence-corrected chi connectivity index (χ0v) is 15.1. The molecule has 1 heterocycles. The van der Waals surface area contributed by atoms with Crippen molar-refractivity contribution in [2.45, 2.75) is 18.7 Å². The standard InChI is InChI=1S/C20H20FN3OS/c21-17-6-8-19(9-7-17)24-12-10-18(23-24)14-22-20(25)11-13-26-15-16-4-2-1-3-5-16/h1-10,12H,11,13-15H2,(H,22,25). The summed E-state index contributed by atoms with van der Waals surface area (Å²) < 4.78 is 14.6. The van der Waals surface area contributed by atoms with Crippen LogP contribution in [0.5, 0.6) is 0 Å². The van der Waals surface area contributed by atoms with E-state index in [0.717, 1.165) is 22.9 Å². The van der Waals surface area contributed by atoms with Crippen LogP contribution >= 0.6 is 11.8 Å². The van der Waals surface area contributed by atoms with Gasteiger partial charge in [0.2, 0.25) is 5.91 Å². The fraction of sp³-hybridized carbons (Fsp3) is 0.200. The molecule has 3 aromatic rings. The normalized spacial score (nSPS) is 10.7. The molecule has 0 bridgehead atoms. The number of amides is 1. The van der Waals surface area contributed by atoms with Gasteiger partial charge < -0.3 is 5.32 Å². The summed E-state index contributed by atoms with van der Waals surface area (Å²) in [5, 5.41) is 7.28. The van der Waals surface area contributed by atoms with Gasteiger partial charge in [-0.1, -0.05) is 30.3 Å². The summed E-state index contributed by atoms with van der Waals surface area (Å²) in [5.41, 5.74) is 2.81. The molecule has 0 aliphatic carbocycles. The molecule has 4 nitrogen and oxygen atoms in total. The van der Waals surface area contributed by atoms with Crippen molar-refractivity contribution in [2.75, 3.05) is 5.75 Å². The Balaban J connectivity index is 1.38. The van der Waals surface area contributed by atoms with E-state index in [1.54, 1.807) is 34.8 Å². The minimum Gasteiger partial charge on any atom is -0.350 e. The highest BCUT2D eigenvalue weighted by Crippen LogP contribution is 2.12. The lowest BCUT2D eigenvalue weighted by atomic mass is 10.2. The first-order valence-corrected chi connectivity index (χ1v) is 9.55. The minimum absolute atomic E-state index is 0.0156. The van der Waals surface area contributed by atoms with Gasteiger partial charge in [0.05, 0.1) is 17.9 Å². The maximum atomic E-state index is 13.0. The van der Waals surface area contributed by atoms with Crippen molar-refractivity contribution in [3.8, 4) is 5.69 Å². The highest BCUT2D eigenvalue weighted by atomic mass is 32.2. The SMILES string of the molecule is O=C(CCSCc1ccccc1)NCc1ccn(-c2ccc(F)cc2)n1. The molecule has 0 aliphatic heterocycles. The molecule has 0 saturated carbocycles. The lowest BCUT2D eigenvalue weighted by Crippen LogP contribution is -2.23. The second-order valence-corrected chi connectivity index (χ2v) is 6.90. The van der Waals surface area contributed by atoms with E-state index >= 15 is 0 Å². The minimum atomic E-state index is -0.279. The van der Waals surface area contributed by atoms with Crippen LogP contribution in [0, 0.1) is 5.82 Å². The number of aromatic nitrogens is 2. The Kier molecular flexibility index (Phi) is 6.44. The van der Waals surface area contributed by atoms with Crippen LogP contribution in [-0.2, 0) is 17.1 Å². The molecule has 1 amide bonds. The molecule has 0 unspecified atom stereocenters. The van der Waals surface area contributed by atoms with Crippen LogP contribution < -0.4 is 5.32 Å². The molecule has 2 aromatic carbocycles. The van der Waals surface area contributed by atoms with E-state index in [2.05, 4.69) is 22.5 Å². The molecule has 0 atom stereocenters. The van der Waals surface area contributed by atoms with Gasteiger partial charge in [-0.25, -0.2) is 9.07 Å². The number of nitrogens with zero attached hydrogens (tertiary/aromatic N) is 2. The van der Waals surface area contributed by atoms with Crippen LogP contribution in [-0.4, -0.2) is 21.4 Å². The Hall–Kier alpha value is -2.60.